The van der Waals surface area contributed by atoms with E-state index in [2.05, 4.69) is 14.2 Å². The summed E-state index contributed by atoms with van der Waals surface area (Å²) in [6, 6.07) is 0. The average Bonchev–Trinajstić information content (AvgIpc) is 3.01. The number of hydrogen-bond acceptors (Lipinski definition) is 3. The summed E-state index contributed by atoms with van der Waals surface area (Å²) in [6.07, 6.45) is 0. The van der Waals surface area contributed by atoms with Gasteiger partial charge in [-0.1, -0.05) is 0 Å². The summed E-state index contributed by atoms with van der Waals surface area (Å²) in [5.41, 5.74) is 0. The fourth-order valence-electron chi connectivity index (χ4n) is 3.20. The normalized spacial score (nSPS) is 11.3. The summed E-state index contributed by atoms with van der Waals surface area (Å²) >= 11 is 0. The van der Waals surface area contributed by atoms with Crippen LogP contribution in [0.2, 0.25) is 0 Å². The SMILES string of the molecule is Fc1c(F)c(F)c(Oc2c(F)c(Oc3c(F)c(F)c(F)c(F)c3F)c(F)c(Oc3c(F)c(F)c(F)c(F)c3F)c2F)c(F)c1F. The van der Waals surface area contributed by atoms with Gasteiger partial charge in [0.05, 0.1) is 0 Å². The third-order valence-corrected chi connectivity index (χ3v) is 5.32. The predicted molar refractivity (Wildman–Crippen MR) is 105 cm³/mol. The number of ether oxygens (including phenoxy) is 3. The summed E-state index contributed by atoms with van der Waals surface area (Å²) in [4.78, 5) is 0. The zero-order valence-corrected chi connectivity index (χ0v) is 20.0. The molecule has 0 atom stereocenters. The third kappa shape index (κ3) is 5.04. The van der Waals surface area contributed by atoms with Gasteiger partial charge in [-0.2, -0.15) is 39.5 Å². The Kier molecular flexibility index (Phi) is 8.42. The molecular weight excluding hydrogens is 678 g/mol. The molecule has 0 radical (unpaired) electrons. The topological polar surface area (TPSA) is 27.7 Å². The Morgan fingerprint density at radius 1 is 0.156 bits per heavy atom. The number of rotatable bonds is 6. The Bertz CT molecular complexity index is 1600. The van der Waals surface area contributed by atoms with Gasteiger partial charge in [-0.3, -0.25) is 0 Å². The van der Waals surface area contributed by atoms with Gasteiger partial charge in [0.15, 0.2) is 0 Å². The molecule has 45 heavy (non-hydrogen) atoms. The van der Waals surface area contributed by atoms with Gasteiger partial charge >= 0.3 is 0 Å². The van der Waals surface area contributed by atoms with Crippen molar-refractivity contribution in [3.63, 3.8) is 0 Å². The molecule has 0 saturated heterocycles. The first-order valence-electron chi connectivity index (χ1n) is 10.6. The Hall–Kier alpha value is -4.98. The lowest BCUT2D eigenvalue weighted by molar-refractivity contribution is 0.280. The highest BCUT2D eigenvalue weighted by atomic mass is 19.2. The molecule has 0 amide bonds. The molecule has 240 valence electrons. The van der Waals surface area contributed by atoms with Crippen LogP contribution in [0.25, 0.3) is 0 Å². The van der Waals surface area contributed by atoms with Gasteiger partial charge in [0.25, 0.3) is 0 Å². The fraction of sp³-hybridized carbons (Fsp3) is 0. The van der Waals surface area contributed by atoms with Crippen LogP contribution in [0.5, 0.6) is 34.5 Å². The summed E-state index contributed by atoms with van der Waals surface area (Å²) in [7, 11) is 0. The monoisotopic (exact) mass is 678 g/mol. The van der Waals surface area contributed by atoms with Crippen LogP contribution >= 0.6 is 0 Å². The van der Waals surface area contributed by atoms with E-state index < -0.39 is 139 Å². The highest BCUT2D eigenvalue weighted by molar-refractivity contribution is 5.52. The lowest BCUT2D eigenvalue weighted by atomic mass is 10.2. The van der Waals surface area contributed by atoms with Crippen LogP contribution in [-0.4, -0.2) is 0 Å². The Morgan fingerprint density at radius 2 is 0.267 bits per heavy atom. The molecule has 0 spiro atoms. The Labute approximate surface area is 233 Å². The number of halogens is 18. The molecule has 3 nitrogen and oxygen atoms in total. The smallest absolute Gasteiger partial charge is 0.214 e. The molecule has 0 N–H and O–H groups in total. The third-order valence-electron chi connectivity index (χ3n) is 5.32. The molecule has 0 aliphatic rings. The maximum Gasteiger partial charge on any atom is 0.214 e. The number of hydrogen-bond donors (Lipinski definition) is 0. The summed E-state index contributed by atoms with van der Waals surface area (Å²) in [5, 5.41) is 0. The van der Waals surface area contributed by atoms with E-state index in [-0.39, 0.29) is 0 Å². The molecule has 0 aromatic heterocycles. The molecule has 0 saturated carbocycles. The van der Waals surface area contributed by atoms with E-state index in [1.807, 2.05) is 0 Å². The largest absolute Gasteiger partial charge is 0.444 e. The molecule has 0 bridgehead atoms. The predicted octanol–water partition coefficient (Wildman–Crippen LogP) is 9.57. The van der Waals surface area contributed by atoms with Gasteiger partial charge in [0.2, 0.25) is 139 Å². The minimum absolute atomic E-state index is 2.65. The quantitative estimate of drug-likeness (QED) is 0.116. The van der Waals surface area contributed by atoms with Gasteiger partial charge in [0, 0.05) is 0 Å². The van der Waals surface area contributed by atoms with Crippen LogP contribution in [0.1, 0.15) is 0 Å². The van der Waals surface area contributed by atoms with E-state index >= 15 is 13.2 Å². The van der Waals surface area contributed by atoms with Crippen molar-refractivity contribution >= 4 is 0 Å². The van der Waals surface area contributed by atoms with E-state index in [1.165, 1.54) is 0 Å². The fourth-order valence-corrected chi connectivity index (χ4v) is 3.20. The molecule has 0 unspecified atom stereocenters. The van der Waals surface area contributed by atoms with Crippen LogP contribution in [-0.2, 0) is 0 Å². The van der Waals surface area contributed by atoms with Crippen LogP contribution in [0.4, 0.5) is 79.0 Å². The van der Waals surface area contributed by atoms with E-state index in [9.17, 15) is 65.9 Å². The van der Waals surface area contributed by atoms with Gasteiger partial charge in [-0.05, 0) is 0 Å². The van der Waals surface area contributed by atoms with Gasteiger partial charge in [-0.15, -0.1) is 0 Å². The van der Waals surface area contributed by atoms with Crippen molar-refractivity contribution in [3.05, 3.63) is 105 Å². The van der Waals surface area contributed by atoms with Crippen LogP contribution in [0, 0.1) is 105 Å². The first-order chi connectivity index (χ1) is 20.8. The second-order valence-electron chi connectivity index (χ2n) is 7.93. The van der Waals surface area contributed by atoms with Crippen molar-refractivity contribution in [3.8, 4) is 34.5 Å². The molecule has 4 rings (SSSR count). The first kappa shape index (κ1) is 32.9. The van der Waals surface area contributed by atoms with Crippen molar-refractivity contribution in [2.24, 2.45) is 0 Å². The van der Waals surface area contributed by atoms with Gasteiger partial charge in [-0.25, -0.2) is 39.5 Å². The summed E-state index contributed by atoms with van der Waals surface area (Å²) < 4.78 is 264. The van der Waals surface area contributed by atoms with E-state index in [0.29, 0.717) is 0 Å². The van der Waals surface area contributed by atoms with E-state index in [0.717, 1.165) is 0 Å². The molecule has 4 aromatic rings. The van der Waals surface area contributed by atoms with Gasteiger partial charge < -0.3 is 14.2 Å². The van der Waals surface area contributed by atoms with Gasteiger partial charge in [0.1, 0.15) is 0 Å². The molecule has 4 aromatic carbocycles. The second kappa shape index (κ2) is 11.5. The Balaban J connectivity index is 2.06. The van der Waals surface area contributed by atoms with Crippen molar-refractivity contribution in [1.29, 1.82) is 0 Å². The molecule has 21 heteroatoms. The second-order valence-corrected chi connectivity index (χ2v) is 7.93. The van der Waals surface area contributed by atoms with Crippen molar-refractivity contribution < 1.29 is 93.2 Å². The number of benzene rings is 4. The zero-order valence-electron chi connectivity index (χ0n) is 20.0. The zero-order chi connectivity index (χ0) is 34.0. The highest BCUT2D eigenvalue weighted by Crippen LogP contribution is 2.47. The average molecular weight is 678 g/mol. The highest BCUT2D eigenvalue weighted by Gasteiger charge is 2.37. The van der Waals surface area contributed by atoms with Crippen molar-refractivity contribution in [2.45, 2.75) is 0 Å². The molecule has 0 aliphatic heterocycles. The molecule has 0 heterocycles. The molecule has 0 fully saturated rings. The van der Waals surface area contributed by atoms with E-state index in [4.69, 9.17) is 0 Å². The summed E-state index contributed by atoms with van der Waals surface area (Å²) in [6.45, 7) is 0. The van der Waals surface area contributed by atoms with Crippen LogP contribution < -0.4 is 14.2 Å². The van der Waals surface area contributed by atoms with Crippen molar-refractivity contribution in [1.82, 2.24) is 0 Å². The summed E-state index contributed by atoms with van der Waals surface area (Å²) in [5.74, 6) is -69.2. The maximum atomic E-state index is 15.2. The lowest BCUT2D eigenvalue weighted by Crippen LogP contribution is -2.10. The minimum atomic E-state index is -3.03. The first-order valence-corrected chi connectivity index (χ1v) is 10.6. The van der Waals surface area contributed by atoms with E-state index in [1.54, 1.807) is 0 Å². The molecule has 0 aliphatic carbocycles. The van der Waals surface area contributed by atoms with Crippen LogP contribution in [0.3, 0.4) is 0 Å². The van der Waals surface area contributed by atoms with Crippen molar-refractivity contribution in [2.75, 3.05) is 0 Å². The van der Waals surface area contributed by atoms with Crippen LogP contribution in [0.15, 0.2) is 0 Å². The lowest BCUT2D eigenvalue weighted by Gasteiger charge is -2.18. The molecular formula is C24F18O3. The standard InChI is InChI=1S/C24F18O3/c25-1-4(28)10(34)19(11(35)5(1)29)43-22-16(40)23(44-20-12(36)6(30)2(26)7(31)13(20)37)18(42)24(17(22)41)45-21-14(38)8(32)3(27)9(33)15(21)39. The Morgan fingerprint density at radius 3 is 0.422 bits per heavy atom. The minimum Gasteiger partial charge on any atom is -0.444 e. The maximum absolute atomic E-state index is 15.2.